The van der Waals surface area contributed by atoms with E-state index in [1.54, 1.807) is 20.8 Å². The number of ether oxygens (including phenoxy) is 1. The van der Waals surface area contributed by atoms with E-state index in [0.717, 1.165) is 16.0 Å². The predicted molar refractivity (Wildman–Crippen MR) is 95.6 cm³/mol. The minimum absolute atomic E-state index is 0.0890. The van der Waals surface area contributed by atoms with Crippen molar-refractivity contribution in [3.8, 4) is 0 Å². The predicted octanol–water partition coefficient (Wildman–Crippen LogP) is 3.52. The van der Waals surface area contributed by atoms with Crippen molar-refractivity contribution in [2.24, 2.45) is 0 Å². The zero-order chi connectivity index (χ0) is 20.3. The second-order valence-electron chi connectivity index (χ2n) is 5.75. The van der Waals surface area contributed by atoms with E-state index in [1.807, 2.05) is 0 Å². The summed E-state index contributed by atoms with van der Waals surface area (Å²) >= 11 is 0.943. The lowest BCUT2D eigenvalue weighted by molar-refractivity contribution is -0.117. The number of ketones is 1. The highest BCUT2D eigenvalue weighted by Gasteiger charge is 2.26. The van der Waals surface area contributed by atoms with E-state index in [2.05, 4.69) is 10.4 Å². The number of alkyl halides is 2. The van der Waals surface area contributed by atoms with E-state index >= 15 is 0 Å². The number of nitrogens with one attached hydrogen (secondary N) is 1. The maximum atomic E-state index is 13.0. The first kappa shape index (κ1) is 20.7. The lowest BCUT2D eigenvalue weighted by Gasteiger charge is -2.09. The molecule has 146 valence electrons. The van der Waals surface area contributed by atoms with Crippen LogP contribution in [0.4, 0.5) is 13.8 Å². The number of rotatable bonds is 7. The molecule has 0 fully saturated rings. The fourth-order valence-corrected chi connectivity index (χ4v) is 3.66. The molecule has 0 aliphatic carbocycles. The minimum atomic E-state index is -2.78. The Labute approximate surface area is 158 Å². The molecule has 2 rings (SSSR count). The zero-order valence-corrected chi connectivity index (χ0v) is 16.1. The van der Waals surface area contributed by atoms with Crippen molar-refractivity contribution in [2.45, 2.75) is 40.7 Å². The van der Waals surface area contributed by atoms with Crippen LogP contribution in [0.2, 0.25) is 0 Å². The molecule has 0 aliphatic rings. The van der Waals surface area contributed by atoms with Crippen LogP contribution in [0, 0.1) is 13.8 Å². The van der Waals surface area contributed by atoms with Gasteiger partial charge in [0.25, 0.3) is 6.43 Å². The molecule has 1 N–H and O–H groups in total. The van der Waals surface area contributed by atoms with E-state index in [1.165, 1.54) is 13.0 Å². The molecule has 10 heteroatoms. The molecule has 0 atom stereocenters. The zero-order valence-electron chi connectivity index (χ0n) is 15.3. The number of aromatic nitrogens is 2. The van der Waals surface area contributed by atoms with Gasteiger partial charge in [-0.2, -0.15) is 5.10 Å². The van der Waals surface area contributed by atoms with Crippen molar-refractivity contribution >= 4 is 34.0 Å². The van der Waals surface area contributed by atoms with Crippen LogP contribution in [0.25, 0.3) is 0 Å². The molecule has 2 aromatic rings. The van der Waals surface area contributed by atoms with Crippen LogP contribution in [0.3, 0.4) is 0 Å². The Morgan fingerprint density at radius 1 is 1.33 bits per heavy atom. The third-order valence-corrected chi connectivity index (χ3v) is 4.96. The van der Waals surface area contributed by atoms with Gasteiger partial charge in [0.2, 0.25) is 5.91 Å². The summed E-state index contributed by atoms with van der Waals surface area (Å²) in [4.78, 5) is 36.6. The average molecular weight is 399 g/mol. The summed E-state index contributed by atoms with van der Waals surface area (Å²) < 4.78 is 32.0. The highest BCUT2D eigenvalue weighted by molar-refractivity contribution is 7.18. The van der Waals surface area contributed by atoms with Gasteiger partial charge in [-0.1, -0.05) is 0 Å². The van der Waals surface area contributed by atoms with E-state index in [0.29, 0.717) is 16.1 Å². The molecule has 0 spiro atoms. The summed E-state index contributed by atoms with van der Waals surface area (Å²) in [6, 6.07) is 1.20. The second kappa shape index (κ2) is 8.38. The number of hydrogen-bond donors (Lipinski definition) is 1. The first-order valence-corrected chi connectivity index (χ1v) is 8.91. The van der Waals surface area contributed by atoms with Gasteiger partial charge in [-0.05, 0) is 39.3 Å². The van der Waals surface area contributed by atoms with Crippen LogP contribution < -0.4 is 5.32 Å². The highest BCUT2D eigenvalue weighted by Crippen LogP contribution is 2.34. The van der Waals surface area contributed by atoms with Gasteiger partial charge < -0.3 is 10.1 Å². The Bertz CT molecular complexity index is 889. The standard InChI is InChI=1S/C17H19F2N3O4S/c1-5-26-17(25)13-9(3)14(10(4)23)27-16(13)20-12(24)7-22-11(15(18)19)6-8(2)21-22/h6,15H,5,7H2,1-4H3,(H,20,24). The Kier molecular flexibility index (Phi) is 6.42. The fourth-order valence-electron chi connectivity index (χ4n) is 2.56. The Hall–Kier alpha value is -2.62. The van der Waals surface area contributed by atoms with Crippen LogP contribution in [0.1, 0.15) is 57.3 Å². The number of Topliss-reactive ketones (excluding diaryl/α,β-unsaturated/α-hetero) is 1. The quantitative estimate of drug-likeness (QED) is 0.568. The van der Waals surface area contributed by atoms with Crippen LogP contribution in [-0.4, -0.2) is 34.0 Å². The van der Waals surface area contributed by atoms with Gasteiger partial charge in [-0.25, -0.2) is 13.6 Å². The van der Waals surface area contributed by atoms with Crippen molar-refractivity contribution in [1.29, 1.82) is 0 Å². The normalized spacial score (nSPS) is 10.9. The topological polar surface area (TPSA) is 90.3 Å². The Morgan fingerprint density at radius 3 is 2.56 bits per heavy atom. The fraction of sp³-hybridized carbons (Fsp3) is 0.412. The van der Waals surface area contributed by atoms with Gasteiger partial charge in [0.1, 0.15) is 17.2 Å². The molecule has 0 aliphatic heterocycles. The van der Waals surface area contributed by atoms with Gasteiger partial charge in [-0.3, -0.25) is 14.3 Å². The number of halogens is 2. The maximum Gasteiger partial charge on any atom is 0.341 e. The molecule has 1 amide bonds. The number of amides is 1. The molecule has 2 heterocycles. The number of anilines is 1. The lowest BCUT2D eigenvalue weighted by atomic mass is 10.1. The van der Waals surface area contributed by atoms with Crippen LogP contribution >= 0.6 is 11.3 Å². The number of nitrogens with zero attached hydrogens (tertiary/aromatic N) is 2. The van der Waals surface area contributed by atoms with E-state index in [9.17, 15) is 23.2 Å². The molecule has 0 bridgehead atoms. The molecular weight excluding hydrogens is 380 g/mol. The summed E-state index contributed by atoms with van der Waals surface area (Å²) in [7, 11) is 0. The number of hydrogen-bond acceptors (Lipinski definition) is 6. The minimum Gasteiger partial charge on any atom is -0.462 e. The molecule has 0 aromatic carbocycles. The summed E-state index contributed by atoms with van der Waals surface area (Å²) in [5, 5.41) is 6.54. The van der Waals surface area contributed by atoms with E-state index < -0.39 is 24.8 Å². The molecule has 0 saturated heterocycles. The van der Waals surface area contributed by atoms with Gasteiger partial charge >= 0.3 is 5.97 Å². The summed E-state index contributed by atoms with van der Waals surface area (Å²) in [6.07, 6.45) is -2.78. The second-order valence-corrected chi connectivity index (χ2v) is 6.77. The SMILES string of the molecule is CCOC(=O)c1c(NC(=O)Cn2nc(C)cc2C(F)F)sc(C(C)=O)c1C. The van der Waals surface area contributed by atoms with Crippen LogP contribution in [0.5, 0.6) is 0 Å². The highest BCUT2D eigenvalue weighted by atomic mass is 32.1. The van der Waals surface area contributed by atoms with Crippen molar-refractivity contribution in [2.75, 3.05) is 11.9 Å². The monoisotopic (exact) mass is 399 g/mol. The number of thiophene rings is 1. The van der Waals surface area contributed by atoms with Gasteiger partial charge in [-0.15, -0.1) is 11.3 Å². The van der Waals surface area contributed by atoms with Crippen molar-refractivity contribution in [3.05, 3.63) is 33.5 Å². The smallest absolute Gasteiger partial charge is 0.341 e. The first-order chi connectivity index (χ1) is 12.6. The van der Waals surface area contributed by atoms with E-state index in [-0.39, 0.29) is 28.6 Å². The number of carbonyl (C=O) groups excluding carboxylic acids is 3. The van der Waals surface area contributed by atoms with Gasteiger partial charge in [0.05, 0.1) is 22.7 Å². The molecule has 0 radical (unpaired) electrons. The number of aryl methyl sites for hydroxylation is 1. The first-order valence-electron chi connectivity index (χ1n) is 8.09. The summed E-state index contributed by atoms with van der Waals surface area (Å²) in [5.41, 5.74) is 0.478. The molecule has 7 nitrogen and oxygen atoms in total. The molecule has 27 heavy (non-hydrogen) atoms. The average Bonchev–Trinajstić information content (AvgIpc) is 3.07. The van der Waals surface area contributed by atoms with Crippen molar-refractivity contribution in [3.63, 3.8) is 0 Å². The summed E-state index contributed by atoms with van der Waals surface area (Å²) in [6.45, 7) is 5.78. The Balaban J connectivity index is 2.31. The van der Waals surface area contributed by atoms with Crippen LogP contribution in [0.15, 0.2) is 6.07 Å². The van der Waals surface area contributed by atoms with Gasteiger partial charge in [0, 0.05) is 0 Å². The number of esters is 1. The molecule has 0 saturated carbocycles. The molecular formula is C17H19F2N3O4S. The maximum absolute atomic E-state index is 13.0. The number of carbonyl (C=O) groups is 3. The Morgan fingerprint density at radius 2 is 2.00 bits per heavy atom. The largest absolute Gasteiger partial charge is 0.462 e. The van der Waals surface area contributed by atoms with Crippen molar-refractivity contribution in [1.82, 2.24) is 9.78 Å². The van der Waals surface area contributed by atoms with E-state index in [4.69, 9.17) is 4.74 Å². The van der Waals surface area contributed by atoms with Crippen LogP contribution in [-0.2, 0) is 16.1 Å². The van der Waals surface area contributed by atoms with Crippen molar-refractivity contribution < 1.29 is 27.9 Å². The third kappa shape index (κ3) is 4.57. The molecule has 2 aromatic heterocycles. The third-order valence-electron chi connectivity index (χ3n) is 3.65. The summed E-state index contributed by atoms with van der Waals surface area (Å²) in [5.74, 6) is -1.58. The lowest BCUT2D eigenvalue weighted by Crippen LogP contribution is -2.22. The van der Waals surface area contributed by atoms with Gasteiger partial charge in [0.15, 0.2) is 5.78 Å². The molecule has 0 unspecified atom stereocenters.